The highest BCUT2D eigenvalue weighted by atomic mass is 32.1. The van der Waals surface area contributed by atoms with Crippen molar-refractivity contribution in [3.05, 3.63) is 21.9 Å². The van der Waals surface area contributed by atoms with E-state index in [2.05, 4.69) is 32.6 Å². The summed E-state index contributed by atoms with van der Waals surface area (Å²) >= 11 is 1.62. The van der Waals surface area contributed by atoms with E-state index in [9.17, 15) is 4.79 Å². The van der Waals surface area contributed by atoms with Crippen molar-refractivity contribution in [1.29, 1.82) is 0 Å². The van der Waals surface area contributed by atoms with Crippen molar-refractivity contribution < 1.29 is 9.90 Å². The molecule has 0 bridgehead atoms. The van der Waals surface area contributed by atoms with Gasteiger partial charge in [-0.05, 0) is 17.4 Å². The molecule has 1 aliphatic rings. The van der Waals surface area contributed by atoms with Gasteiger partial charge in [0.2, 0.25) is 5.91 Å². The lowest BCUT2D eigenvalue weighted by molar-refractivity contribution is -0.128. The predicted molar refractivity (Wildman–Crippen MR) is 81.3 cm³/mol. The summed E-state index contributed by atoms with van der Waals surface area (Å²) < 4.78 is 0. The number of carbonyl (C=O) groups is 1. The van der Waals surface area contributed by atoms with E-state index >= 15 is 0 Å². The van der Waals surface area contributed by atoms with Crippen LogP contribution in [-0.4, -0.2) is 29.1 Å². The van der Waals surface area contributed by atoms with Crippen LogP contribution in [0.25, 0.3) is 0 Å². The average molecular weight is 291 g/mol. The number of thiophene rings is 1. The molecule has 4 heteroatoms. The van der Waals surface area contributed by atoms with E-state index < -0.39 is 0 Å². The molecule has 0 aromatic carbocycles. The van der Waals surface area contributed by atoms with Gasteiger partial charge < -0.3 is 10.0 Å². The molecule has 0 spiro atoms. The van der Waals surface area contributed by atoms with Crippen LogP contribution in [-0.2, 0) is 11.3 Å². The molecule has 0 aliphatic carbocycles. The van der Waals surface area contributed by atoms with Gasteiger partial charge in [-0.15, -0.1) is 11.3 Å². The summed E-state index contributed by atoms with van der Waals surface area (Å²) in [7, 11) is 0. The minimum atomic E-state index is -0.122. The number of aliphatic hydroxyl groups is 1. The highest BCUT2D eigenvalue weighted by Crippen LogP contribution is 2.35. The highest BCUT2D eigenvalue weighted by Gasteiger charge is 2.36. The summed E-state index contributed by atoms with van der Waals surface area (Å²) in [5.41, 5.74) is 1.09. The van der Waals surface area contributed by atoms with Crippen LogP contribution >= 0.6 is 11.3 Å². The Morgan fingerprint density at radius 3 is 2.85 bits per heavy atom. The van der Waals surface area contributed by atoms with E-state index in [0.29, 0.717) is 18.9 Å². The molecule has 1 aromatic rings. The van der Waals surface area contributed by atoms with Crippen molar-refractivity contribution >= 4 is 17.2 Å². The van der Waals surface area contributed by atoms with Crippen LogP contribution in [0.15, 0.2) is 11.4 Å². The number of hydrogen-bond acceptors (Lipinski definition) is 3. The lowest BCUT2D eigenvalue weighted by Crippen LogP contribution is -2.27. The van der Waals surface area contributed by atoms with E-state index in [1.807, 2.05) is 16.3 Å². The van der Waals surface area contributed by atoms with Crippen molar-refractivity contribution in [1.82, 2.24) is 4.90 Å². The Morgan fingerprint density at radius 2 is 2.25 bits per heavy atom. The van der Waals surface area contributed by atoms with Gasteiger partial charge in [-0.1, -0.05) is 32.6 Å². The topological polar surface area (TPSA) is 40.5 Å². The maximum Gasteiger partial charge on any atom is 0.223 e. The van der Waals surface area contributed by atoms with E-state index in [4.69, 9.17) is 5.11 Å². The Kier molecular flexibility index (Phi) is 4.52. The SMILES string of the molecule is CC(C)(C)C1CC(=O)N(Cc2cc(C#CCO)cs2)C1. The van der Waals surface area contributed by atoms with Crippen molar-refractivity contribution in [2.24, 2.45) is 11.3 Å². The third kappa shape index (κ3) is 3.62. The van der Waals surface area contributed by atoms with Crippen LogP contribution in [0.5, 0.6) is 0 Å². The fourth-order valence-corrected chi connectivity index (χ4v) is 3.19. The first-order chi connectivity index (χ1) is 9.40. The molecule has 0 saturated carbocycles. The molecule has 2 heterocycles. The van der Waals surface area contributed by atoms with Gasteiger partial charge >= 0.3 is 0 Å². The Bertz CT molecular complexity index is 545. The summed E-state index contributed by atoms with van der Waals surface area (Å²) in [5, 5.41) is 10.7. The van der Waals surface area contributed by atoms with Crippen molar-refractivity contribution in [2.75, 3.05) is 13.2 Å². The number of carbonyl (C=O) groups excluding carboxylic acids is 1. The third-order valence-electron chi connectivity index (χ3n) is 3.75. The van der Waals surface area contributed by atoms with Gasteiger partial charge in [0.25, 0.3) is 0 Å². The van der Waals surface area contributed by atoms with Gasteiger partial charge in [-0.3, -0.25) is 4.79 Å². The zero-order chi connectivity index (χ0) is 14.8. The second-order valence-electron chi connectivity index (χ2n) is 6.30. The molecular weight excluding hydrogens is 270 g/mol. The summed E-state index contributed by atoms with van der Waals surface area (Å²) in [5.74, 6) is 6.21. The number of hydrogen-bond donors (Lipinski definition) is 1. The Labute approximate surface area is 124 Å². The zero-order valence-corrected chi connectivity index (χ0v) is 13.1. The number of amides is 1. The number of nitrogens with zero attached hydrogens (tertiary/aromatic N) is 1. The summed E-state index contributed by atoms with van der Waals surface area (Å²) in [6.45, 7) is 7.99. The molecule has 20 heavy (non-hydrogen) atoms. The molecule has 1 aromatic heterocycles. The predicted octanol–water partition coefficient (Wildman–Crippen LogP) is 2.49. The normalized spacial score (nSPS) is 19.1. The van der Waals surface area contributed by atoms with Gasteiger partial charge in [0, 0.05) is 28.8 Å². The second kappa shape index (κ2) is 5.99. The van der Waals surface area contributed by atoms with Crippen LogP contribution < -0.4 is 0 Å². The molecular formula is C16H21NO2S. The minimum absolute atomic E-state index is 0.122. The molecule has 1 aliphatic heterocycles. The molecule has 1 atom stereocenters. The minimum Gasteiger partial charge on any atom is -0.384 e. The van der Waals surface area contributed by atoms with Crippen LogP contribution in [0.1, 0.15) is 37.6 Å². The Morgan fingerprint density at radius 1 is 1.50 bits per heavy atom. The Hall–Kier alpha value is -1.31. The molecule has 2 rings (SSSR count). The van der Waals surface area contributed by atoms with Crippen LogP contribution in [0.4, 0.5) is 0 Å². The van der Waals surface area contributed by atoms with Crippen LogP contribution in [0, 0.1) is 23.2 Å². The van der Waals surface area contributed by atoms with Gasteiger partial charge in [-0.2, -0.15) is 0 Å². The standard InChI is InChI=1S/C16H21NO2S/c1-16(2,3)13-8-15(19)17(9-13)10-14-7-12(11-20-14)5-4-6-18/h7,11,13,18H,6,8-10H2,1-3H3. The Balaban J connectivity index is 2.00. The van der Waals surface area contributed by atoms with Gasteiger partial charge in [0.05, 0.1) is 6.54 Å². The van der Waals surface area contributed by atoms with E-state index in [1.165, 1.54) is 0 Å². The van der Waals surface area contributed by atoms with Gasteiger partial charge in [0.1, 0.15) is 6.61 Å². The number of aliphatic hydroxyl groups excluding tert-OH is 1. The second-order valence-corrected chi connectivity index (χ2v) is 7.30. The first-order valence-corrected chi connectivity index (χ1v) is 7.73. The maximum atomic E-state index is 12.1. The quantitative estimate of drug-likeness (QED) is 0.851. The molecule has 1 amide bonds. The van der Waals surface area contributed by atoms with E-state index in [1.54, 1.807) is 11.3 Å². The molecule has 1 N–H and O–H groups in total. The van der Waals surface area contributed by atoms with E-state index in [-0.39, 0.29) is 17.9 Å². The molecule has 3 nitrogen and oxygen atoms in total. The van der Waals surface area contributed by atoms with E-state index in [0.717, 1.165) is 17.0 Å². The number of likely N-dealkylation sites (tertiary alicyclic amines) is 1. The van der Waals surface area contributed by atoms with Crippen molar-refractivity contribution in [3.8, 4) is 11.8 Å². The summed E-state index contributed by atoms with van der Waals surface area (Å²) in [6, 6.07) is 2.00. The van der Waals surface area contributed by atoms with Gasteiger partial charge in [-0.25, -0.2) is 0 Å². The summed E-state index contributed by atoms with van der Waals surface area (Å²) in [6.07, 6.45) is 0.659. The third-order valence-corrected chi connectivity index (χ3v) is 4.67. The monoisotopic (exact) mass is 291 g/mol. The zero-order valence-electron chi connectivity index (χ0n) is 12.3. The molecule has 0 radical (unpaired) electrons. The first kappa shape index (κ1) is 15.1. The van der Waals surface area contributed by atoms with Crippen LogP contribution in [0.2, 0.25) is 0 Å². The fourth-order valence-electron chi connectivity index (χ4n) is 2.36. The smallest absolute Gasteiger partial charge is 0.223 e. The highest BCUT2D eigenvalue weighted by molar-refractivity contribution is 7.10. The van der Waals surface area contributed by atoms with Crippen molar-refractivity contribution in [3.63, 3.8) is 0 Å². The van der Waals surface area contributed by atoms with Crippen LogP contribution in [0.3, 0.4) is 0 Å². The summed E-state index contributed by atoms with van der Waals surface area (Å²) in [4.78, 5) is 15.2. The lowest BCUT2D eigenvalue weighted by Gasteiger charge is -2.26. The lowest BCUT2D eigenvalue weighted by atomic mass is 9.80. The van der Waals surface area contributed by atoms with Crippen molar-refractivity contribution in [2.45, 2.75) is 33.7 Å². The number of rotatable bonds is 2. The molecule has 1 saturated heterocycles. The molecule has 1 unspecified atom stereocenters. The molecule has 1 fully saturated rings. The average Bonchev–Trinajstić information content (AvgIpc) is 2.95. The van der Waals surface area contributed by atoms with Gasteiger partial charge in [0.15, 0.2) is 0 Å². The molecule has 108 valence electrons. The maximum absolute atomic E-state index is 12.1. The largest absolute Gasteiger partial charge is 0.384 e. The first-order valence-electron chi connectivity index (χ1n) is 6.85. The fraction of sp³-hybridized carbons (Fsp3) is 0.562.